The number of phenolic OH excluding ortho intramolecular Hbond substituents is 1. The van der Waals surface area contributed by atoms with Crippen molar-refractivity contribution in [2.45, 2.75) is 13.5 Å². The number of benzene rings is 2. The van der Waals surface area contributed by atoms with Crippen molar-refractivity contribution in [3.8, 4) is 11.5 Å². The number of phenols is 1. The van der Waals surface area contributed by atoms with Crippen LogP contribution in [0.1, 0.15) is 12.5 Å². The standard InChI is InChI=1S/C15H15Br2NO2/c1-2-20-15-7-10(3-6-14(15)19)9-18-13-5-4-11(16)8-12(13)17/h3-8,18-19H,2,9H2,1H3. The van der Waals surface area contributed by atoms with E-state index in [4.69, 9.17) is 4.74 Å². The van der Waals surface area contributed by atoms with Gasteiger partial charge >= 0.3 is 0 Å². The maximum absolute atomic E-state index is 9.67. The maximum Gasteiger partial charge on any atom is 0.161 e. The van der Waals surface area contributed by atoms with Gasteiger partial charge in [-0.1, -0.05) is 22.0 Å². The van der Waals surface area contributed by atoms with E-state index in [1.54, 1.807) is 6.07 Å². The molecule has 0 unspecified atom stereocenters. The molecule has 0 radical (unpaired) electrons. The third-order valence-corrected chi connectivity index (χ3v) is 3.89. The van der Waals surface area contributed by atoms with E-state index in [-0.39, 0.29) is 5.75 Å². The number of halogens is 2. The van der Waals surface area contributed by atoms with Crippen molar-refractivity contribution >= 4 is 37.5 Å². The van der Waals surface area contributed by atoms with Gasteiger partial charge in [0, 0.05) is 21.2 Å². The Morgan fingerprint density at radius 3 is 2.65 bits per heavy atom. The first-order valence-corrected chi connectivity index (χ1v) is 7.82. The highest BCUT2D eigenvalue weighted by Gasteiger charge is 2.05. The summed E-state index contributed by atoms with van der Waals surface area (Å²) in [6.07, 6.45) is 0. The van der Waals surface area contributed by atoms with Crippen molar-refractivity contribution in [2.24, 2.45) is 0 Å². The maximum atomic E-state index is 9.67. The van der Waals surface area contributed by atoms with Gasteiger partial charge in [0.05, 0.1) is 6.61 Å². The van der Waals surface area contributed by atoms with Crippen LogP contribution < -0.4 is 10.1 Å². The van der Waals surface area contributed by atoms with Crippen LogP contribution in [0.25, 0.3) is 0 Å². The van der Waals surface area contributed by atoms with Gasteiger partial charge in [0.25, 0.3) is 0 Å². The molecular formula is C15H15Br2NO2. The summed E-state index contributed by atoms with van der Waals surface area (Å²) in [6, 6.07) is 11.3. The largest absolute Gasteiger partial charge is 0.504 e. The van der Waals surface area contributed by atoms with E-state index >= 15 is 0 Å². The fraction of sp³-hybridized carbons (Fsp3) is 0.200. The minimum absolute atomic E-state index is 0.167. The summed E-state index contributed by atoms with van der Waals surface area (Å²) in [5.74, 6) is 0.682. The Morgan fingerprint density at radius 2 is 1.95 bits per heavy atom. The zero-order chi connectivity index (χ0) is 14.5. The minimum atomic E-state index is 0.167. The van der Waals surface area contributed by atoms with Crippen molar-refractivity contribution in [3.63, 3.8) is 0 Å². The fourth-order valence-corrected chi connectivity index (χ4v) is 2.96. The van der Waals surface area contributed by atoms with E-state index in [1.807, 2.05) is 37.3 Å². The molecule has 3 nitrogen and oxygen atoms in total. The molecule has 0 aliphatic rings. The van der Waals surface area contributed by atoms with Crippen LogP contribution in [0.15, 0.2) is 45.3 Å². The molecule has 2 aromatic carbocycles. The Bertz CT molecular complexity index is 602. The summed E-state index contributed by atoms with van der Waals surface area (Å²) in [5.41, 5.74) is 2.06. The molecular weight excluding hydrogens is 386 g/mol. The lowest BCUT2D eigenvalue weighted by Gasteiger charge is -2.11. The second-order valence-electron chi connectivity index (χ2n) is 4.21. The van der Waals surface area contributed by atoms with Crippen LogP contribution in [0.2, 0.25) is 0 Å². The SMILES string of the molecule is CCOc1cc(CNc2ccc(Br)cc2Br)ccc1O. The number of hydrogen-bond donors (Lipinski definition) is 2. The highest BCUT2D eigenvalue weighted by atomic mass is 79.9. The molecule has 0 saturated heterocycles. The van der Waals surface area contributed by atoms with Gasteiger partial charge in [-0.15, -0.1) is 0 Å². The highest BCUT2D eigenvalue weighted by Crippen LogP contribution is 2.29. The molecule has 2 N–H and O–H groups in total. The molecule has 0 heterocycles. The molecule has 0 aromatic heterocycles. The van der Waals surface area contributed by atoms with Crippen molar-refractivity contribution in [2.75, 3.05) is 11.9 Å². The van der Waals surface area contributed by atoms with E-state index < -0.39 is 0 Å². The van der Waals surface area contributed by atoms with E-state index in [9.17, 15) is 5.11 Å². The summed E-state index contributed by atoms with van der Waals surface area (Å²) < 4.78 is 7.40. The van der Waals surface area contributed by atoms with Crippen LogP contribution in [-0.4, -0.2) is 11.7 Å². The van der Waals surface area contributed by atoms with Gasteiger partial charge in [0.15, 0.2) is 11.5 Å². The second kappa shape index (κ2) is 6.99. The lowest BCUT2D eigenvalue weighted by molar-refractivity contribution is 0.318. The Balaban J connectivity index is 2.08. The third-order valence-electron chi connectivity index (χ3n) is 2.74. The monoisotopic (exact) mass is 399 g/mol. The molecule has 5 heteroatoms. The number of nitrogens with one attached hydrogen (secondary N) is 1. The Labute approximate surface area is 135 Å². The first-order valence-electron chi connectivity index (χ1n) is 6.23. The molecule has 0 fully saturated rings. The van der Waals surface area contributed by atoms with Gasteiger partial charge in [0.2, 0.25) is 0 Å². The number of hydrogen-bond acceptors (Lipinski definition) is 3. The van der Waals surface area contributed by atoms with Crippen LogP contribution >= 0.6 is 31.9 Å². The molecule has 106 valence electrons. The Hall–Kier alpha value is -1.20. The molecule has 0 aliphatic carbocycles. The van der Waals surface area contributed by atoms with Crippen LogP contribution in [0.5, 0.6) is 11.5 Å². The predicted octanol–water partition coefficient (Wildman–Crippen LogP) is 4.93. The van der Waals surface area contributed by atoms with Gasteiger partial charge in [-0.3, -0.25) is 0 Å². The van der Waals surface area contributed by atoms with Gasteiger partial charge in [0.1, 0.15) is 0 Å². The van der Waals surface area contributed by atoms with Gasteiger partial charge in [-0.05, 0) is 58.7 Å². The second-order valence-corrected chi connectivity index (χ2v) is 5.98. The molecule has 0 aliphatic heterocycles. The average Bonchev–Trinajstić information content (AvgIpc) is 2.41. The molecule has 2 rings (SSSR count). The van der Waals surface area contributed by atoms with Gasteiger partial charge in [-0.2, -0.15) is 0 Å². The summed E-state index contributed by atoms with van der Waals surface area (Å²) in [7, 11) is 0. The number of aromatic hydroxyl groups is 1. The van der Waals surface area contributed by atoms with Crippen LogP contribution in [0.4, 0.5) is 5.69 Å². The molecule has 0 amide bonds. The van der Waals surface area contributed by atoms with Gasteiger partial charge < -0.3 is 15.2 Å². The van der Waals surface area contributed by atoms with Crippen LogP contribution in [0.3, 0.4) is 0 Å². The van der Waals surface area contributed by atoms with E-state index in [0.29, 0.717) is 18.9 Å². The third kappa shape index (κ3) is 3.90. The summed E-state index contributed by atoms with van der Waals surface area (Å²) in [4.78, 5) is 0. The summed E-state index contributed by atoms with van der Waals surface area (Å²) in [5, 5.41) is 13.0. The average molecular weight is 401 g/mol. The summed E-state index contributed by atoms with van der Waals surface area (Å²) >= 11 is 6.94. The van der Waals surface area contributed by atoms with Crippen molar-refractivity contribution < 1.29 is 9.84 Å². The van der Waals surface area contributed by atoms with E-state index in [2.05, 4.69) is 37.2 Å². The van der Waals surface area contributed by atoms with E-state index in [1.165, 1.54) is 0 Å². The first-order chi connectivity index (χ1) is 9.60. The molecule has 0 spiro atoms. The minimum Gasteiger partial charge on any atom is -0.504 e. The van der Waals surface area contributed by atoms with E-state index in [0.717, 1.165) is 20.2 Å². The van der Waals surface area contributed by atoms with Crippen LogP contribution in [0, 0.1) is 0 Å². The molecule has 20 heavy (non-hydrogen) atoms. The smallest absolute Gasteiger partial charge is 0.161 e. The fourth-order valence-electron chi connectivity index (χ4n) is 1.77. The summed E-state index contributed by atoms with van der Waals surface area (Å²) in [6.45, 7) is 3.08. The zero-order valence-electron chi connectivity index (χ0n) is 11.0. The van der Waals surface area contributed by atoms with Gasteiger partial charge in [-0.25, -0.2) is 0 Å². The number of ether oxygens (including phenoxy) is 1. The molecule has 0 saturated carbocycles. The number of rotatable bonds is 5. The predicted molar refractivity (Wildman–Crippen MR) is 88.4 cm³/mol. The zero-order valence-corrected chi connectivity index (χ0v) is 14.2. The van der Waals surface area contributed by atoms with Crippen molar-refractivity contribution in [3.05, 3.63) is 50.9 Å². The van der Waals surface area contributed by atoms with Crippen molar-refractivity contribution in [1.29, 1.82) is 0 Å². The van der Waals surface area contributed by atoms with Crippen molar-refractivity contribution in [1.82, 2.24) is 0 Å². The Kier molecular flexibility index (Phi) is 5.31. The normalized spacial score (nSPS) is 10.3. The first kappa shape index (κ1) is 15.2. The lowest BCUT2D eigenvalue weighted by atomic mass is 10.2. The number of anilines is 1. The topological polar surface area (TPSA) is 41.5 Å². The molecule has 2 aromatic rings. The van der Waals surface area contributed by atoms with Crippen LogP contribution in [-0.2, 0) is 6.54 Å². The quantitative estimate of drug-likeness (QED) is 0.747. The lowest BCUT2D eigenvalue weighted by Crippen LogP contribution is -2.01. The Morgan fingerprint density at radius 1 is 1.15 bits per heavy atom. The highest BCUT2D eigenvalue weighted by molar-refractivity contribution is 9.11. The molecule has 0 bridgehead atoms. The molecule has 0 atom stereocenters.